The highest BCUT2D eigenvalue weighted by Crippen LogP contribution is 2.25. The molecule has 5 nitrogen and oxygen atoms in total. The summed E-state index contributed by atoms with van der Waals surface area (Å²) in [6.45, 7) is 0. The first kappa shape index (κ1) is 10.1. The zero-order chi connectivity index (χ0) is 10.7. The van der Waals surface area contributed by atoms with Gasteiger partial charge in [-0.2, -0.15) is 0 Å². The molecular formula is C10H14N2O3. The molecule has 5 heteroatoms. The van der Waals surface area contributed by atoms with Crippen LogP contribution in [-0.2, 0) is 11.2 Å². The number of carbonyl (C=O) groups is 1. The third-order valence-corrected chi connectivity index (χ3v) is 2.87. The lowest BCUT2D eigenvalue weighted by Gasteiger charge is -2.22. The quantitative estimate of drug-likeness (QED) is 0.551. The van der Waals surface area contributed by atoms with Crippen molar-refractivity contribution in [3.63, 3.8) is 0 Å². The molecule has 0 radical (unpaired) electrons. The first-order valence-electron chi connectivity index (χ1n) is 5.33. The van der Waals surface area contributed by atoms with Gasteiger partial charge in [-0.25, -0.2) is 4.79 Å². The summed E-state index contributed by atoms with van der Waals surface area (Å²) in [5.41, 5.74) is 0. The molecule has 0 saturated carbocycles. The van der Waals surface area contributed by atoms with Crippen molar-refractivity contribution in [2.24, 2.45) is 0 Å². The van der Waals surface area contributed by atoms with Gasteiger partial charge in [0, 0.05) is 18.9 Å². The molecule has 0 spiro atoms. The van der Waals surface area contributed by atoms with Gasteiger partial charge in [-0.3, -0.25) is 9.09 Å². The molecule has 0 amide bonds. The maximum Gasteiger partial charge on any atom is 0.441 e. The highest BCUT2D eigenvalue weighted by molar-refractivity contribution is 5.48. The van der Waals surface area contributed by atoms with Crippen molar-refractivity contribution in [2.45, 2.75) is 44.6 Å². The Bertz CT molecular complexity index is 394. The Morgan fingerprint density at radius 3 is 3.27 bits per heavy atom. The molecule has 2 heterocycles. The second-order valence-corrected chi connectivity index (χ2v) is 3.88. The summed E-state index contributed by atoms with van der Waals surface area (Å²) in [7, 11) is 0. The lowest BCUT2D eigenvalue weighted by atomic mass is 9.99. The van der Waals surface area contributed by atoms with Gasteiger partial charge in [0.05, 0.1) is 0 Å². The molecule has 0 fully saturated rings. The number of aromatic nitrogens is 2. The van der Waals surface area contributed by atoms with Crippen LogP contribution in [-0.4, -0.2) is 16.0 Å². The summed E-state index contributed by atoms with van der Waals surface area (Å²) < 4.78 is 6.29. The Kier molecular flexibility index (Phi) is 2.99. The first-order chi connectivity index (χ1) is 7.33. The molecule has 2 rings (SSSR count). The Labute approximate surface area is 87.1 Å². The minimum atomic E-state index is -0.360. The van der Waals surface area contributed by atoms with Crippen LogP contribution in [0, 0.1) is 0 Å². The van der Waals surface area contributed by atoms with Gasteiger partial charge in [-0.05, 0) is 25.7 Å². The number of aryl methyl sites for hydroxylation is 1. The van der Waals surface area contributed by atoms with E-state index in [9.17, 15) is 9.59 Å². The van der Waals surface area contributed by atoms with E-state index in [1.54, 1.807) is 4.57 Å². The predicted octanol–water partition coefficient (Wildman–Crippen LogP) is 1.08. The van der Waals surface area contributed by atoms with Crippen LogP contribution in [0.3, 0.4) is 0 Å². The SMILES string of the molecule is O=CCCCC1CCCc2noc(=O)n21. The van der Waals surface area contributed by atoms with Gasteiger partial charge in [-0.15, -0.1) is 0 Å². The van der Waals surface area contributed by atoms with Crippen molar-refractivity contribution in [1.29, 1.82) is 0 Å². The Balaban J connectivity index is 2.11. The average molecular weight is 210 g/mol. The number of carbonyl (C=O) groups excluding carboxylic acids is 1. The fourth-order valence-corrected chi connectivity index (χ4v) is 2.15. The van der Waals surface area contributed by atoms with E-state index in [2.05, 4.69) is 9.68 Å². The molecule has 0 saturated heterocycles. The molecule has 15 heavy (non-hydrogen) atoms. The van der Waals surface area contributed by atoms with Crippen LogP contribution in [0.5, 0.6) is 0 Å². The molecule has 1 aliphatic rings. The van der Waals surface area contributed by atoms with E-state index in [-0.39, 0.29) is 11.8 Å². The molecule has 82 valence electrons. The van der Waals surface area contributed by atoms with E-state index >= 15 is 0 Å². The highest BCUT2D eigenvalue weighted by atomic mass is 16.5. The average Bonchev–Trinajstić information content (AvgIpc) is 2.62. The monoisotopic (exact) mass is 210 g/mol. The fraction of sp³-hybridized carbons (Fsp3) is 0.700. The van der Waals surface area contributed by atoms with E-state index in [0.29, 0.717) is 6.42 Å². The molecule has 1 aromatic heterocycles. The summed E-state index contributed by atoms with van der Waals surface area (Å²) in [6, 6.07) is 0.174. The van der Waals surface area contributed by atoms with Crippen LogP contribution in [0.15, 0.2) is 9.32 Å². The standard InChI is InChI=1S/C10H14N2O3/c13-7-2-1-4-8-5-3-6-9-11-15-10(14)12(8)9/h7-8H,1-6H2. The van der Waals surface area contributed by atoms with Gasteiger partial charge < -0.3 is 4.79 Å². The van der Waals surface area contributed by atoms with Crippen LogP contribution in [0.2, 0.25) is 0 Å². The van der Waals surface area contributed by atoms with E-state index in [4.69, 9.17) is 0 Å². The van der Waals surface area contributed by atoms with Crippen molar-refractivity contribution in [2.75, 3.05) is 0 Å². The maximum absolute atomic E-state index is 11.4. The smallest absolute Gasteiger partial charge is 0.303 e. The molecule has 1 unspecified atom stereocenters. The van der Waals surface area contributed by atoms with E-state index in [1.165, 1.54) is 0 Å². The third kappa shape index (κ3) is 2.00. The minimum absolute atomic E-state index is 0.174. The van der Waals surface area contributed by atoms with Gasteiger partial charge in [-0.1, -0.05) is 5.16 Å². The van der Waals surface area contributed by atoms with E-state index in [0.717, 1.165) is 44.2 Å². The van der Waals surface area contributed by atoms with Crippen LogP contribution in [0.4, 0.5) is 0 Å². The summed E-state index contributed by atoms with van der Waals surface area (Å²) in [5.74, 6) is 0.392. The Morgan fingerprint density at radius 1 is 1.60 bits per heavy atom. The lowest BCUT2D eigenvalue weighted by molar-refractivity contribution is -0.107. The van der Waals surface area contributed by atoms with Crippen molar-refractivity contribution < 1.29 is 9.32 Å². The molecule has 0 aliphatic carbocycles. The number of nitrogens with zero attached hydrogens (tertiary/aromatic N) is 2. The topological polar surface area (TPSA) is 65.1 Å². The first-order valence-corrected chi connectivity index (χ1v) is 5.33. The van der Waals surface area contributed by atoms with Crippen LogP contribution in [0.1, 0.15) is 44.0 Å². The van der Waals surface area contributed by atoms with Crippen molar-refractivity contribution >= 4 is 6.29 Å². The zero-order valence-corrected chi connectivity index (χ0v) is 8.52. The van der Waals surface area contributed by atoms with Gasteiger partial charge in [0.2, 0.25) is 0 Å². The molecule has 0 aromatic carbocycles. The number of fused-ring (bicyclic) bond motifs is 1. The van der Waals surface area contributed by atoms with E-state index < -0.39 is 0 Å². The number of hydrogen-bond donors (Lipinski definition) is 0. The minimum Gasteiger partial charge on any atom is -0.303 e. The van der Waals surface area contributed by atoms with Crippen molar-refractivity contribution in [3.05, 3.63) is 16.4 Å². The summed E-state index contributed by atoms with van der Waals surface area (Å²) in [4.78, 5) is 21.6. The van der Waals surface area contributed by atoms with Gasteiger partial charge in [0.15, 0.2) is 5.82 Å². The molecule has 0 N–H and O–H groups in total. The third-order valence-electron chi connectivity index (χ3n) is 2.87. The van der Waals surface area contributed by atoms with Crippen LogP contribution >= 0.6 is 0 Å². The van der Waals surface area contributed by atoms with Gasteiger partial charge >= 0.3 is 5.76 Å². The van der Waals surface area contributed by atoms with Crippen LogP contribution < -0.4 is 5.76 Å². The molecule has 1 aliphatic heterocycles. The summed E-state index contributed by atoms with van der Waals surface area (Å²) in [5, 5.41) is 3.74. The molecular weight excluding hydrogens is 196 g/mol. The lowest BCUT2D eigenvalue weighted by Crippen LogP contribution is -2.26. The highest BCUT2D eigenvalue weighted by Gasteiger charge is 2.23. The Morgan fingerprint density at radius 2 is 2.47 bits per heavy atom. The number of unbranched alkanes of at least 4 members (excludes halogenated alkanes) is 1. The van der Waals surface area contributed by atoms with Crippen molar-refractivity contribution in [3.8, 4) is 0 Å². The normalized spacial score (nSPS) is 19.9. The van der Waals surface area contributed by atoms with Gasteiger partial charge in [0.1, 0.15) is 6.29 Å². The largest absolute Gasteiger partial charge is 0.441 e. The zero-order valence-electron chi connectivity index (χ0n) is 8.52. The molecule has 1 atom stereocenters. The molecule has 0 bridgehead atoms. The fourth-order valence-electron chi connectivity index (χ4n) is 2.15. The summed E-state index contributed by atoms with van der Waals surface area (Å²) in [6.07, 6.45) is 5.99. The van der Waals surface area contributed by atoms with Gasteiger partial charge in [0.25, 0.3) is 0 Å². The second kappa shape index (κ2) is 4.42. The van der Waals surface area contributed by atoms with Crippen molar-refractivity contribution in [1.82, 2.24) is 9.72 Å². The second-order valence-electron chi connectivity index (χ2n) is 3.88. The predicted molar refractivity (Wildman–Crippen MR) is 52.7 cm³/mol. The van der Waals surface area contributed by atoms with E-state index in [1.807, 2.05) is 0 Å². The maximum atomic E-state index is 11.4. The number of rotatable bonds is 4. The summed E-state index contributed by atoms with van der Waals surface area (Å²) >= 11 is 0. The number of hydrogen-bond acceptors (Lipinski definition) is 4. The molecule has 1 aromatic rings. The Hall–Kier alpha value is -1.39. The van der Waals surface area contributed by atoms with Crippen LogP contribution in [0.25, 0.3) is 0 Å². The number of aldehydes is 1.